The molecule has 0 aliphatic carbocycles. The number of rotatable bonds is 11. The second-order valence-electron chi connectivity index (χ2n) is 5.71. The minimum absolute atomic E-state index is 0.133. The summed E-state index contributed by atoms with van der Waals surface area (Å²) in [5, 5.41) is 15.2. The normalized spacial score (nSPS) is 12.0. The van der Waals surface area contributed by atoms with Gasteiger partial charge in [-0.1, -0.05) is 11.6 Å². The second kappa shape index (κ2) is 10.9. The van der Waals surface area contributed by atoms with Gasteiger partial charge in [0.05, 0.1) is 25.3 Å². The Morgan fingerprint density at radius 1 is 1.32 bits per heavy atom. The van der Waals surface area contributed by atoms with Crippen LogP contribution in [-0.2, 0) is 14.3 Å². The molecule has 0 fully saturated rings. The van der Waals surface area contributed by atoms with Crippen molar-refractivity contribution in [2.45, 2.75) is 38.8 Å². The fraction of sp³-hybridized carbons (Fsp3) is 0.529. The summed E-state index contributed by atoms with van der Waals surface area (Å²) in [5.41, 5.74) is 0.398. The Morgan fingerprint density at radius 2 is 2.04 bits per heavy atom. The Hall–Kier alpha value is -1.83. The van der Waals surface area contributed by atoms with E-state index in [-0.39, 0.29) is 12.5 Å². The molecule has 1 atom stereocenters. The lowest BCUT2D eigenvalue weighted by Gasteiger charge is -2.16. The average molecular weight is 373 g/mol. The number of aliphatic carboxylic acids is 1. The molecular weight excluding hydrogens is 348 g/mol. The first kappa shape index (κ1) is 21.2. The van der Waals surface area contributed by atoms with E-state index in [1.54, 1.807) is 18.2 Å². The van der Waals surface area contributed by atoms with Crippen molar-refractivity contribution in [2.24, 2.45) is 0 Å². The van der Waals surface area contributed by atoms with E-state index in [4.69, 9.17) is 21.1 Å². The number of amides is 1. The van der Waals surface area contributed by atoms with Crippen molar-refractivity contribution in [2.75, 3.05) is 25.6 Å². The van der Waals surface area contributed by atoms with Gasteiger partial charge in [0.1, 0.15) is 11.8 Å². The number of carbonyl (C=O) groups excluding carboxylic acids is 1. The van der Waals surface area contributed by atoms with Crippen LogP contribution in [0.1, 0.15) is 26.7 Å². The molecule has 1 rings (SSSR count). The highest BCUT2D eigenvalue weighted by molar-refractivity contribution is 6.31. The van der Waals surface area contributed by atoms with E-state index in [2.05, 4.69) is 10.6 Å². The van der Waals surface area contributed by atoms with Gasteiger partial charge in [0, 0.05) is 11.6 Å². The standard InChI is InChI=1S/C17H25ClN2O5/c1-11(2)25-8-4-7-19-14(17(22)23)10-16(21)20-13-9-12(18)5-6-15(13)24-3/h5-6,9,11,14,19H,4,7-8,10H2,1-3H3,(H,20,21)(H,22,23)/t14-/m1/s1. The summed E-state index contributed by atoms with van der Waals surface area (Å²) in [5.74, 6) is -1.08. The molecule has 0 aliphatic rings. The van der Waals surface area contributed by atoms with Crippen LogP contribution in [0.2, 0.25) is 5.02 Å². The molecule has 0 aliphatic heterocycles. The zero-order valence-corrected chi connectivity index (χ0v) is 15.4. The fourth-order valence-electron chi connectivity index (χ4n) is 2.08. The highest BCUT2D eigenvalue weighted by Gasteiger charge is 2.21. The predicted octanol–water partition coefficient (Wildman–Crippen LogP) is 2.54. The lowest BCUT2D eigenvalue weighted by atomic mass is 10.2. The van der Waals surface area contributed by atoms with Crippen LogP contribution >= 0.6 is 11.6 Å². The number of anilines is 1. The van der Waals surface area contributed by atoms with Gasteiger partial charge in [0.15, 0.2) is 0 Å². The molecule has 0 unspecified atom stereocenters. The molecule has 0 aromatic heterocycles. The molecule has 1 aromatic rings. The number of methoxy groups -OCH3 is 1. The molecule has 8 heteroatoms. The number of hydrogen-bond donors (Lipinski definition) is 3. The molecule has 3 N–H and O–H groups in total. The van der Waals surface area contributed by atoms with E-state index in [9.17, 15) is 14.7 Å². The van der Waals surface area contributed by atoms with E-state index in [1.165, 1.54) is 7.11 Å². The van der Waals surface area contributed by atoms with Crippen molar-refractivity contribution in [3.05, 3.63) is 23.2 Å². The van der Waals surface area contributed by atoms with Gasteiger partial charge < -0.3 is 25.2 Å². The molecule has 0 spiro atoms. The highest BCUT2D eigenvalue weighted by Crippen LogP contribution is 2.27. The molecule has 0 saturated heterocycles. The largest absolute Gasteiger partial charge is 0.495 e. The van der Waals surface area contributed by atoms with Gasteiger partial charge in [0.25, 0.3) is 0 Å². The summed E-state index contributed by atoms with van der Waals surface area (Å²) in [6.45, 7) is 4.84. The maximum Gasteiger partial charge on any atom is 0.321 e. The summed E-state index contributed by atoms with van der Waals surface area (Å²) in [6, 6.07) is 3.82. The van der Waals surface area contributed by atoms with Crippen molar-refractivity contribution in [1.82, 2.24) is 5.32 Å². The summed E-state index contributed by atoms with van der Waals surface area (Å²) >= 11 is 5.91. The molecule has 140 valence electrons. The van der Waals surface area contributed by atoms with Crippen LogP contribution < -0.4 is 15.4 Å². The number of carbonyl (C=O) groups is 2. The van der Waals surface area contributed by atoms with Crippen molar-refractivity contribution < 1.29 is 24.2 Å². The van der Waals surface area contributed by atoms with Crippen LogP contribution in [-0.4, -0.2) is 49.4 Å². The van der Waals surface area contributed by atoms with Crippen LogP contribution in [0.4, 0.5) is 5.69 Å². The number of ether oxygens (including phenoxy) is 2. The monoisotopic (exact) mass is 372 g/mol. The van der Waals surface area contributed by atoms with Gasteiger partial charge in [-0.25, -0.2) is 0 Å². The van der Waals surface area contributed by atoms with E-state index in [1.807, 2.05) is 13.8 Å². The Morgan fingerprint density at radius 3 is 2.64 bits per heavy atom. The molecule has 0 saturated carbocycles. The van der Waals surface area contributed by atoms with Crippen molar-refractivity contribution in [3.63, 3.8) is 0 Å². The van der Waals surface area contributed by atoms with Crippen LogP contribution in [0.25, 0.3) is 0 Å². The molecule has 0 heterocycles. The van der Waals surface area contributed by atoms with Gasteiger partial charge in [-0.3, -0.25) is 9.59 Å². The first-order valence-corrected chi connectivity index (χ1v) is 8.42. The topological polar surface area (TPSA) is 96.9 Å². The van der Waals surface area contributed by atoms with Crippen molar-refractivity contribution in [1.29, 1.82) is 0 Å². The Kier molecular flexibility index (Phi) is 9.26. The SMILES string of the molecule is COc1ccc(Cl)cc1NC(=O)C[C@@H](NCCCOC(C)C)C(=O)O. The first-order valence-electron chi connectivity index (χ1n) is 8.04. The molecule has 7 nitrogen and oxygen atoms in total. The van der Waals surface area contributed by atoms with E-state index in [0.717, 1.165) is 0 Å². The Balaban J connectivity index is 2.53. The average Bonchev–Trinajstić information content (AvgIpc) is 2.53. The van der Waals surface area contributed by atoms with Crippen LogP contribution in [0.5, 0.6) is 5.75 Å². The van der Waals surface area contributed by atoms with E-state index < -0.39 is 17.9 Å². The van der Waals surface area contributed by atoms with Gasteiger partial charge in [-0.05, 0) is 45.0 Å². The number of carboxylic acids is 1. The lowest BCUT2D eigenvalue weighted by molar-refractivity contribution is -0.141. The fourth-order valence-corrected chi connectivity index (χ4v) is 2.25. The molecule has 25 heavy (non-hydrogen) atoms. The highest BCUT2D eigenvalue weighted by atomic mass is 35.5. The Labute approximate surface area is 152 Å². The smallest absolute Gasteiger partial charge is 0.321 e. The summed E-state index contributed by atoms with van der Waals surface area (Å²) in [4.78, 5) is 23.5. The van der Waals surface area contributed by atoms with Gasteiger partial charge in [-0.15, -0.1) is 0 Å². The van der Waals surface area contributed by atoms with Gasteiger partial charge >= 0.3 is 5.97 Å². The molecule has 1 amide bonds. The maximum absolute atomic E-state index is 12.1. The minimum atomic E-state index is -1.09. The summed E-state index contributed by atoms with van der Waals surface area (Å²) in [6.07, 6.45) is 0.579. The van der Waals surface area contributed by atoms with Crippen LogP contribution in [0.15, 0.2) is 18.2 Å². The molecule has 0 bridgehead atoms. The second-order valence-corrected chi connectivity index (χ2v) is 6.15. The first-order chi connectivity index (χ1) is 11.8. The van der Waals surface area contributed by atoms with E-state index in [0.29, 0.717) is 36.0 Å². The third kappa shape index (κ3) is 8.20. The Bertz CT molecular complexity index is 580. The third-order valence-electron chi connectivity index (χ3n) is 3.29. The van der Waals surface area contributed by atoms with Crippen LogP contribution in [0.3, 0.4) is 0 Å². The van der Waals surface area contributed by atoms with E-state index >= 15 is 0 Å². The number of benzene rings is 1. The van der Waals surface area contributed by atoms with Gasteiger partial charge in [0.2, 0.25) is 5.91 Å². The molecule has 1 aromatic carbocycles. The summed E-state index contributed by atoms with van der Waals surface area (Å²) < 4.78 is 10.5. The van der Waals surface area contributed by atoms with Gasteiger partial charge in [-0.2, -0.15) is 0 Å². The quantitative estimate of drug-likeness (QED) is 0.516. The molecular formula is C17H25ClN2O5. The van der Waals surface area contributed by atoms with Crippen LogP contribution in [0, 0.1) is 0 Å². The minimum Gasteiger partial charge on any atom is -0.495 e. The zero-order valence-electron chi connectivity index (χ0n) is 14.7. The number of hydrogen-bond acceptors (Lipinski definition) is 5. The third-order valence-corrected chi connectivity index (χ3v) is 3.52. The van der Waals surface area contributed by atoms with Crippen molar-refractivity contribution in [3.8, 4) is 5.75 Å². The molecule has 0 radical (unpaired) electrons. The van der Waals surface area contributed by atoms with Crippen molar-refractivity contribution >= 4 is 29.2 Å². The number of halogens is 1. The lowest BCUT2D eigenvalue weighted by Crippen LogP contribution is -2.40. The number of nitrogens with one attached hydrogen (secondary N) is 2. The zero-order chi connectivity index (χ0) is 18.8. The predicted molar refractivity (Wildman–Crippen MR) is 96.4 cm³/mol. The number of carboxylic acid groups (broad SMARTS) is 1. The maximum atomic E-state index is 12.1. The summed E-state index contributed by atoms with van der Waals surface area (Å²) in [7, 11) is 1.47.